The Morgan fingerprint density at radius 2 is 1.96 bits per heavy atom. The lowest BCUT2D eigenvalue weighted by atomic mass is 10.2. The lowest BCUT2D eigenvalue weighted by Gasteiger charge is -2.07. The molecule has 0 radical (unpaired) electrons. The smallest absolute Gasteiger partial charge is 0.293 e. The Kier molecular flexibility index (Phi) is 4.85. The van der Waals surface area contributed by atoms with Crippen molar-refractivity contribution >= 4 is 52.2 Å². The molecule has 1 aliphatic rings. The molecule has 7 heteroatoms. The quantitative estimate of drug-likeness (QED) is 0.521. The van der Waals surface area contributed by atoms with Gasteiger partial charge in [0.05, 0.1) is 15.0 Å². The van der Waals surface area contributed by atoms with Crippen LogP contribution in [0.4, 0.5) is 4.79 Å². The minimum Gasteiger partial charge on any atom is -0.457 e. The van der Waals surface area contributed by atoms with E-state index in [2.05, 4.69) is 6.58 Å². The van der Waals surface area contributed by atoms with Crippen LogP contribution in [0.3, 0.4) is 0 Å². The fraction of sp³-hybridized carbons (Fsp3) is 0.0588. The van der Waals surface area contributed by atoms with Crippen LogP contribution >= 0.6 is 35.0 Å². The van der Waals surface area contributed by atoms with Crippen molar-refractivity contribution < 1.29 is 14.0 Å². The van der Waals surface area contributed by atoms with Crippen molar-refractivity contribution in [1.29, 1.82) is 0 Å². The molecule has 2 aromatic rings. The van der Waals surface area contributed by atoms with E-state index < -0.39 is 0 Å². The zero-order valence-corrected chi connectivity index (χ0v) is 14.6. The highest BCUT2D eigenvalue weighted by Gasteiger charge is 2.34. The lowest BCUT2D eigenvalue weighted by molar-refractivity contribution is -0.122. The summed E-state index contributed by atoms with van der Waals surface area (Å²) < 4.78 is 5.71. The second-order valence-electron chi connectivity index (χ2n) is 4.91. The Morgan fingerprint density at radius 1 is 1.17 bits per heavy atom. The van der Waals surface area contributed by atoms with E-state index in [4.69, 9.17) is 27.6 Å². The second kappa shape index (κ2) is 6.89. The van der Waals surface area contributed by atoms with Crippen LogP contribution in [-0.2, 0) is 4.79 Å². The molecule has 1 aliphatic heterocycles. The number of amides is 2. The van der Waals surface area contributed by atoms with Crippen molar-refractivity contribution in [2.45, 2.75) is 0 Å². The summed E-state index contributed by atoms with van der Waals surface area (Å²) in [4.78, 5) is 25.4. The number of halogens is 2. The van der Waals surface area contributed by atoms with Crippen molar-refractivity contribution in [3.05, 3.63) is 63.7 Å². The molecule has 0 aliphatic carbocycles. The number of furan rings is 1. The summed E-state index contributed by atoms with van der Waals surface area (Å²) in [5.41, 5.74) is 0.767. The third kappa shape index (κ3) is 3.29. The first-order valence-corrected chi connectivity index (χ1v) is 8.48. The van der Waals surface area contributed by atoms with Gasteiger partial charge in [0.15, 0.2) is 0 Å². The normalized spacial score (nSPS) is 16.2. The largest absolute Gasteiger partial charge is 0.457 e. The van der Waals surface area contributed by atoms with E-state index in [1.807, 2.05) is 0 Å². The predicted molar refractivity (Wildman–Crippen MR) is 97.0 cm³/mol. The first-order chi connectivity index (χ1) is 11.5. The zero-order chi connectivity index (χ0) is 17.3. The van der Waals surface area contributed by atoms with Crippen LogP contribution in [-0.4, -0.2) is 22.6 Å². The van der Waals surface area contributed by atoms with Gasteiger partial charge in [0, 0.05) is 18.2 Å². The molecular weight excluding hydrogens is 369 g/mol. The number of hydrogen-bond donors (Lipinski definition) is 0. The molecule has 1 aromatic carbocycles. The topological polar surface area (TPSA) is 50.5 Å². The Bertz CT molecular complexity index is 872. The Labute approximate surface area is 152 Å². The summed E-state index contributed by atoms with van der Waals surface area (Å²) in [6.07, 6.45) is 3.06. The number of carbonyl (C=O) groups excluding carboxylic acids is 2. The van der Waals surface area contributed by atoms with Gasteiger partial charge in [-0.05, 0) is 42.1 Å². The van der Waals surface area contributed by atoms with Gasteiger partial charge in [-0.2, -0.15) is 0 Å². The molecule has 0 bridgehead atoms. The standard InChI is InChI=1S/C17H11Cl2NO3S/c1-2-7-20-16(21)15(24-17(20)22)9-11-4-6-14(23-11)10-3-5-12(18)13(19)8-10/h2-6,8-9H,1,7H2/b15-9-. The van der Waals surface area contributed by atoms with Crippen molar-refractivity contribution in [2.24, 2.45) is 0 Å². The van der Waals surface area contributed by atoms with Gasteiger partial charge in [0.1, 0.15) is 11.5 Å². The second-order valence-corrected chi connectivity index (χ2v) is 6.72. The maximum atomic E-state index is 12.2. The third-order valence-electron chi connectivity index (χ3n) is 3.29. The molecule has 0 unspecified atom stereocenters. The number of rotatable bonds is 4. The number of benzene rings is 1. The monoisotopic (exact) mass is 379 g/mol. The van der Waals surface area contributed by atoms with Crippen molar-refractivity contribution in [1.82, 2.24) is 4.90 Å². The fourth-order valence-electron chi connectivity index (χ4n) is 2.15. The van der Waals surface area contributed by atoms with Gasteiger partial charge in [-0.1, -0.05) is 29.3 Å². The molecule has 3 rings (SSSR count). The Morgan fingerprint density at radius 3 is 2.67 bits per heavy atom. The molecule has 0 saturated carbocycles. The number of hydrogen-bond acceptors (Lipinski definition) is 4. The first-order valence-electron chi connectivity index (χ1n) is 6.91. The highest BCUT2D eigenvalue weighted by atomic mass is 35.5. The van der Waals surface area contributed by atoms with E-state index in [1.165, 1.54) is 6.08 Å². The average Bonchev–Trinajstić information content (AvgIpc) is 3.11. The first kappa shape index (κ1) is 16.9. The van der Waals surface area contributed by atoms with Crippen LogP contribution in [0, 0.1) is 0 Å². The predicted octanol–water partition coefficient (Wildman–Crippen LogP) is 5.48. The highest BCUT2D eigenvalue weighted by molar-refractivity contribution is 8.18. The maximum Gasteiger partial charge on any atom is 0.293 e. The highest BCUT2D eigenvalue weighted by Crippen LogP contribution is 2.34. The van der Waals surface area contributed by atoms with Gasteiger partial charge in [0.2, 0.25) is 0 Å². The summed E-state index contributed by atoms with van der Waals surface area (Å²) in [6.45, 7) is 3.73. The summed E-state index contributed by atoms with van der Waals surface area (Å²) in [6, 6.07) is 8.65. The average molecular weight is 380 g/mol. The summed E-state index contributed by atoms with van der Waals surface area (Å²) >= 11 is 12.8. The van der Waals surface area contributed by atoms with Gasteiger partial charge < -0.3 is 4.42 Å². The number of carbonyl (C=O) groups is 2. The minimum atomic E-state index is -0.350. The number of thioether (sulfide) groups is 1. The maximum absolute atomic E-state index is 12.2. The Hall–Kier alpha value is -1.95. The van der Waals surface area contributed by atoms with Gasteiger partial charge >= 0.3 is 0 Å². The van der Waals surface area contributed by atoms with E-state index in [-0.39, 0.29) is 17.7 Å². The number of imide groups is 1. The van der Waals surface area contributed by atoms with Crippen LogP contribution in [0.25, 0.3) is 17.4 Å². The van der Waals surface area contributed by atoms with Crippen LogP contribution < -0.4 is 0 Å². The zero-order valence-electron chi connectivity index (χ0n) is 12.3. The van der Waals surface area contributed by atoms with Gasteiger partial charge in [0.25, 0.3) is 11.1 Å². The van der Waals surface area contributed by atoms with E-state index in [1.54, 1.807) is 36.4 Å². The lowest BCUT2D eigenvalue weighted by Crippen LogP contribution is -2.27. The van der Waals surface area contributed by atoms with Crippen LogP contribution in [0.2, 0.25) is 10.0 Å². The SMILES string of the molecule is C=CCN1C(=O)S/C(=C\c2ccc(-c3ccc(Cl)c(Cl)c3)o2)C1=O. The minimum absolute atomic E-state index is 0.189. The molecule has 122 valence electrons. The molecular formula is C17H11Cl2NO3S. The molecule has 0 atom stereocenters. The molecule has 2 heterocycles. The van der Waals surface area contributed by atoms with Gasteiger partial charge in [-0.15, -0.1) is 6.58 Å². The summed E-state index contributed by atoms with van der Waals surface area (Å²) in [5.74, 6) is 0.711. The van der Waals surface area contributed by atoms with Gasteiger partial charge in [-0.25, -0.2) is 0 Å². The van der Waals surface area contributed by atoms with Crippen molar-refractivity contribution in [3.8, 4) is 11.3 Å². The van der Waals surface area contributed by atoms with Crippen LogP contribution in [0.1, 0.15) is 5.76 Å². The van der Waals surface area contributed by atoms with E-state index in [9.17, 15) is 9.59 Å². The summed E-state index contributed by atoms with van der Waals surface area (Å²) in [7, 11) is 0. The molecule has 0 spiro atoms. The molecule has 1 fully saturated rings. The Balaban J connectivity index is 1.86. The molecule has 1 aromatic heterocycles. The van der Waals surface area contributed by atoms with Crippen LogP contribution in [0.15, 0.2) is 52.3 Å². The van der Waals surface area contributed by atoms with E-state index in [0.717, 1.165) is 22.2 Å². The van der Waals surface area contributed by atoms with E-state index in [0.29, 0.717) is 26.5 Å². The van der Waals surface area contributed by atoms with Gasteiger partial charge in [-0.3, -0.25) is 14.5 Å². The van der Waals surface area contributed by atoms with Crippen molar-refractivity contribution in [2.75, 3.05) is 6.54 Å². The third-order valence-corrected chi connectivity index (χ3v) is 4.94. The van der Waals surface area contributed by atoms with Crippen LogP contribution in [0.5, 0.6) is 0 Å². The molecule has 4 nitrogen and oxygen atoms in total. The molecule has 1 saturated heterocycles. The van der Waals surface area contributed by atoms with Crippen molar-refractivity contribution in [3.63, 3.8) is 0 Å². The summed E-state index contributed by atoms with van der Waals surface area (Å²) in [5, 5.41) is 0.572. The fourth-order valence-corrected chi connectivity index (χ4v) is 3.28. The molecule has 24 heavy (non-hydrogen) atoms. The molecule has 0 N–H and O–H groups in total. The molecule has 2 amide bonds. The number of nitrogens with zero attached hydrogens (tertiary/aromatic N) is 1. The van der Waals surface area contributed by atoms with E-state index >= 15 is 0 Å².